The van der Waals surface area contributed by atoms with Crippen LogP contribution in [0, 0.1) is 0 Å². The quantitative estimate of drug-likeness (QED) is 0.682. The molecule has 1 rings (SSSR count). The molecule has 0 aliphatic carbocycles. The largest absolute Gasteiger partial charge is 0.550 e. The lowest BCUT2D eigenvalue weighted by Gasteiger charge is -2.48. The average Bonchev–Trinajstić information content (AvgIpc) is 2.22. The van der Waals surface area contributed by atoms with E-state index in [9.17, 15) is 30.1 Å². The number of rotatable bonds is 3. The molecule has 0 aromatic rings. The summed E-state index contributed by atoms with van der Waals surface area (Å²) in [5, 5.41) is 41.4. The van der Waals surface area contributed by atoms with Crippen LogP contribution in [0.4, 0.5) is 0 Å². The maximum absolute atomic E-state index is 11.7. The molecule has 0 amide bonds. The molecular weight excluding hydrogens is 266 g/mol. The highest BCUT2D eigenvalue weighted by molar-refractivity contribution is 5.72. The number of carbonyl (C=O) groups is 2. The summed E-state index contributed by atoms with van der Waals surface area (Å²) in [7, 11) is 0. The minimum atomic E-state index is -1.37. The van der Waals surface area contributed by atoms with Gasteiger partial charge >= 0.3 is 0 Å². The Bertz CT molecular complexity index is 321. The SMILES string of the molecule is CC1(C)CC(O)CC(C)(C)N1[O].O=C([O-])CCC(=O)[O-]. The number of hydrogen-bond donors (Lipinski definition) is 1. The van der Waals surface area contributed by atoms with Gasteiger partial charge in [-0.15, -0.1) is 10.3 Å². The molecule has 0 aromatic heterocycles. The highest BCUT2D eigenvalue weighted by Gasteiger charge is 2.45. The molecule has 1 saturated heterocycles. The van der Waals surface area contributed by atoms with Gasteiger partial charge in [-0.25, -0.2) is 0 Å². The fourth-order valence-electron chi connectivity index (χ4n) is 2.41. The van der Waals surface area contributed by atoms with Crippen LogP contribution in [0.15, 0.2) is 0 Å². The van der Waals surface area contributed by atoms with Gasteiger partial charge in [0.2, 0.25) is 0 Å². The molecule has 0 unspecified atom stereocenters. The summed E-state index contributed by atoms with van der Waals surface area (Å²) in [5.74, 6) is -2.73. The summed E-state index contributed by atoms with van der Waals surface area (Å²) in [6.07, 6.45) is -0.134. The number of hydroxylamine groups is 2. The predicted molar refractivity (Wildman–Crippen MR) is 65.2 cm³/mol. The Balaban J connectivity index is 0.000000396. The minimum Gasteiger partial charge on any atom is -0.550 e. The van der Waals surface area contributed by atoms with Gasteiger partial charge < -0.3 is 24.9 Å². The number of piperidine rings is 1. The molecule has 1 fully saturated rings. The van der Waals surface area contributed by atoms with E-state index < -0.39 is 35.9 Å². The first kappa shape index (κ1) is 18.8. The molecule has 0 aromatic carbocycles. The van der Waals surface area contributed by atoms with E-state index in [2.05, 4.69) is 0 Å². The average molecular weight is 288 g/mol. The van der Waals surface area contributed by atoms with Crippen molar-refractivity contribution in [2.24, 2.45) is 0 Å². The van der Waals surface area contributed by atoms with E-state index in [1.54, 1.807) is 0 Å². The smallest absolute Gasteiger partial charge is 0.0576 e. The number of hydrogen-bond acceptors (Lipinski definition) is 6. The molecule has 1 aliphatic rings. The normalized spacial score (nSPS) is 21.7. The molecule has 117 valence electrons. The van der Waals surface area contributed by atoms with Crippen molar-refractivity contribution in [1.29, 1.82) is 0 Å². The first-order valence-electron chi connectivity index (χ1n) is 6.44. The van der Waals surface area contributed by atoms with Crippen LogP contribution in [0.25, 0.3) is 0 Å². The molecule has 20 heavy (non-hydrogen) atoms. The van der Waals surface area contributed by atoms with E-state index in [1.165, 1.54) is 0 Å². The molecular formula is C13H22NO6-2. The van der Waals surface area contributed by atoms with Crippen LogP contribution in [0.5, 0.6) is 0 Å². The van der Waals surface area contributed by atoms with E-state index in [1.807, 2.05) is 27.7 Å². The van der Waals surface area contributed by atoms with E-state index in [0.717, 1.165) is 5.06 Å². The lowest BCUT2D eigenvalue weighted by atomic mass is 9.80. The topological polar surface area (TPSA) is 124 Å². The van der Waals surface area contributed by atoms with Crippen molar-refractivity contribution in [2.45, 2.75) is 70.6 Å². The van der Waals surface area contributed by atoms with Gasteiger partial charge in [0, 0.05) is 23.0 Å². The Morgan fingerprint density at radius 3 is 1.60 bits per heavy atom. The summed E-state index contributed by atoms with van der Waals surface area (Å²) in [5.41, 5.74) is -0.859. The second kappa shape index (κ2) is 7.01. The summed E-state index contributed by atoms with van der Waals surface area (Å²) in [4.78, 5) is 19.0. The third-order valence-corrected chi connectivity index (χ3v) is 3.10. The maximum Gasteiger partial charge on any atom is 0.0576 e. The van der Waals surface area contributed by atoms with Crippen LogP contribution in [-0.4, -0.2) is 39.3 Å². The van der Waals surface area contributed by atoms with Crippen molar-refractivity contribution in [2.75, 3.05) is 0 Å². The van der Waals surface area contributed by atoms with Crippen molar-refractivity contribution in [3.8, 4) is 0 Å². The van der Waals surface area contributed by atoms with Crippen molar-refractivity contribution in [3.05, 3.63) is 0 Å². The molecule has 1 N–H and O–H groups in total. The van der Waals surface area contributed by atoms with Gasteiger partial charge in [0.05, 0.1) is 6.10 Å². The van der Waals surface area contributed by atoms with Crippen molar-refractivity contribution >= 4 is 11.9 Å². The first-order chi connectivity index (χ1) is 8.88. The minimum absolute atomic E-state index is 0.333. The van der Waals surface area contributed by atoms with Gasteiger partial charge in [-0.2, -0.15) is 0 Å². The number of carboxylic acid groups (broad SMARTS) is 2. The number of aliphatic hydroxyl groups is 1. The number of aliphatic hydroxyl groups excluding tert-OH is 1. The van der Waals surface area contributed by atoms with Gasteiger partial charge in [-0.3, -0.25) is 0 Å². The lowest BCUT2D eigenvalue weighted by molar-refractivity contribution is -0.315. The summed E-state index contributed by atoms with van der Waals surface area (Å²) < 4.78 is 0. The van der Waals surface area contributed by atoms with Crippen LogP contribution < -0.4 is 10.2 Å². The number of nitrogens with zero attached hydrogens (tertiary/aromatic N) is 1. The molecule has 7 nitrogen and oxygen atoms in total. The summed E-state index contributed by atoms with van der Waals surface area (Å²) in [6, 6.07) is 0. The summed E-state index contributed by atoms with van der Waals surface area (Å²) >= 11 is 0. The van der Waals surface area contributed by atoms with Crippen LogP contribution in [0.3, 0.4) is 0 Å². The fraction of sp³-hybridized carbons (Fsp3) is 0.846. The highest BCUT2D eigenvalue weighted by Crippen LogP contribution is 2.36. The van der Waals surface area contributed by atoms with E-state index >= 15 is 0 Å². The zero-order valence-electron chi connectivity index (χ0n) is 12.3. The van der Waals surface area contributed by atoms with Gasteiger partial charge in [-0.1, -0.05) is 0 Å². The monoisotopic (exact) mass is 288 g/mol. The molecule has 1 aliphatic heterocycles. The van der Waals surface area contributed by atoms with Crippen molar-refractivity contribution < 1.29 is 30.1 Å². The standard InChI is InChI=1S/C9H18NO2.C4H6O4/c1-8(2)5-7(11)6-9(3,4)10(8)12;5-3(6)1-2-4(7)8/h7,11H,5-6H2,1-4H3;1-2H2,(H,5,6)(H,7,8)/p-2. The Morgan fingerprint density at radius 2 is 1.35 bits per heavy atom. The van der Waals surface area contributed by atoms with Gasteiger partial charge in [0.15, 0.2) is 0 Å². The molecule has 0 spiro atoms. The Hall–Kier alpha value is -1.18. The fourth-order valence-corrected chi connectivity index (χ4v) is 2.41. The van der Waals surface area contributed by atoms with E-state index in [0.29, 0.717) is 12.8 Å². The first-order valence-corrected chi connectivity index (χ1v) is 6.44. The molecule has 1 heterocycles. The van der Waals surface area contributed by atoms with Crippen molar-refractivity contribution in [1.82, 2.24) is 5.06 Å². The van der Waals surface area contributed by atoms with E-state index in [-0.39, 0.29) is 6.10 Å². The Kier molecular flexibility index (Phi) is 6.60. The maximum atomic E-state index is 11.7. The number of aliphatic carboxylic acids is 2. The summed E-state index contributed by atoms with van der Waals surface area (Å²) in [6.45, 7) is 7.52. The van der Waals surface area contributed by atoms with Gasteiger partial charge in [0.1, 0.15) is 0 Å². The second-order valence-corrected chi connectivity index (χ2v) is 6.23. The Morgan fingerprint density at radius 1 is 1.05 bits per heavy atom. The number of carbonyl (C=O) groups excluding carboxylic acids is 2. The number of carboxylic acids is 2. The van der Waals surface area contributed by atoms with E-state index in [4.69, 9.17) is 0 Å². The third-order valence-electron chi connectivity index (χ3n) is 3.10. The molecule has 1 radical (unpaired) electrons. The molecule has 7 heteroatoms. The van der Waals surface area contributed by atoms with Gasteiger partial charge in [0.25, 0.3) is 0 Å². The van der Waals surface area contributed by atoms with Crippen LogP contribution in [-0.2, 0) is 14.8 Å². The highest BCUT2D eigenvalue weighted by atomic mass is 16.5. The second-order valence-electron chi connectivity index (χ2n) is 6.23. The molecule has 0 atom stereocenters. The van der Waals surface area contributed by atoms with Crippen LogP contribution in [0.1, 0.15) is 53.4 Å². The van der Waals surface area contributed by atoms with Crippen LogP contribution in [0.2, 0.25) is 0 Å². The zero-order valence-corrected chi connectivity index (χ0v) is 12.3. The third kappa shape index (κ3) is 6.31. The van der Waals surface area contributed by atoms with Gasteiger partial charge in [-0.05, 0) is 53.4 Å². The molecule has 0 bridgehead atoms. The predicted octanol–water partition coefficient (Wildman–Crippen LogP) is -1.39. The zero-order chi connectivity index (χ0) is 16.1. The Labute approximate surface area is 118 Å². The van der Waals surface area contributed by atoms with Crippen LogP contribution >= 0.6 is 0 Å². The molecule has 0 saturated carbocycles. The van der Waals surface area contributed by atoms with Crippen molar-refractivity contribution in [3.63, 3.8) is 0 Å². The lowest BCUT2D eigenvalue weighted by Crippen LogP contribution is -2.59.